The van der Waals surface area contributed by atoms with Crippen molar-refractivity contribution in [2.45, 2.75) is 19.0 Å². The van der Waals surface area contributed by atoms with Crippen LogP contribution in [-0.4, -0.2) is 34.9 Å². The van der Waals surface area contributed by atoms with Gasteiger partial charge in [-0.15, -0.1) is 0 Å². The third-order valence-electron chi connectivity index (χ3n) is 2.97. The molecular formula is C13H15FN2O2S. The van der Waals surface area contributed by atoms with E-state index >= 15 is 0 Å². The highest BCUT2D eigenvalue weighted by Gasteiger charge is 2.37. The zero-order valence-corrected chi connectivity index (χ0v) is 11.4. The van der Waals surface area contributed by atoms with Gasteiger partial charge >= 0.3 is 6.03 Å². The Morgan fingerprint density at radius 1 is 1.32 bits per heavy atom. The van der Waals surface area contributed by atoms with Gasteiger partial charge in [-0.25, -0.2) is 9.18 Å². The van der Waals surface area contributed by atoms with E-state index in [1.54, 1.807) is 23.9 Å². The van der Waals surface area contributed by atoms with Crippen molar-refractivity contribution in [3.05, 3.63) is 35.6 Å². The molecule has 0 radical (unpaired) electrons. The Morgan fingerprint density at radius 3 is 2.63 bits per heavy atom. The molecule has 1 atom stereocenters. The maximum atomic E-state index is 12.8. The molecule has 1 N–H and O–H groups in total. The first-order chi connectivity index (χ1) is 9.11. The molecule has 0 bridgehead atoms. The summed E-state index contributed by atoms with van der Waals surface area (Å²) in [6.45, 7) is 0.181. The minimum Gasteiger partial charge on any atom is -0.326 e. The van der Waals surface area contributed by atoms with Crippen molar-refractivity contribution < 1.29 is 14.0 Å². The summed E-state index contributed by atoms with van der Waals surface area (Å²) in [5.74, 6) is 0.281. The minimum atomic E-state index is -0.430. The second-order valence-corrected chi connectivity index (χ2v) is 5.32. The number of urea groups is 1. The first-order valence-electron chi connectivity index (χ1n) is 5.97. The van der Waals surface area contributed by atoms with Gasteiger partial charge in [0.2, 0.25) is 0 Å². The molecule has 4 nitrogen and oxygen atoms in total. The van der Waals surface area contributed by atoms with Crippen LogP contribution in [0.2, 0.25) is 0 Å². The highest BCUT2D eigenvalue weighted by atomic mass is 32.2. The van der Waals surface area contributed by atoms with E-state index in [-0.39, 0.29) is 24.3 Å². The number of benzene rings is 1. The lowest BCUT2D eigenvalue weighted by atomic mass is 10.2. The highest BCUT2D eigenvalue weighted by Crippen LogP contribution is 2.15. The maximum Gasteiger partial charge on any atom is 0.325 e. The normalized spacial score (nSPS) is 18.8. The second-order valence-electron chi connectivity index (χ2n) is 4.33. The molecular weight excluding hydrogens is 267 g/mol. The molecule has 1 saturated heterocycles. The van der Waals surface area contributed by atoms with Gasteiger partial charge in [-0.2, -0.15) is 11.8 Å². The van der Waals surface area contributed by atoms with Crippen molar-refractivity contribution in [3.63, 3.8) is 0 Å². The molecule has 102 valence electrons. The lowest BCUT2D eigenvalue weighted by Crippen LogP contribution is -2.31. The zero-order valence-electron chi connectivity index (χ0n) is 10.6. The number of rotatable bonds is 5. The summed E-state index contributed by atoms with van der Waals surface area (Å²) in [5, 5.41) is 2.67. The van der Waals surface area contributed by atoms with Crippen molar-refractivity contribution in [2.24, 2.45) is 0 Å². The number of hydrogen-bond donors (Lipinski definition) is 1. The zero-order chi connectivity index (χ0) is 13.8. The van der Waals surface area contributed by atoms with Gasteiger partial charge < -0.3 is 5.32 Å². The number of imide groups is 1. The Labute approximate surface area is 115 Å². The van der Waals surface area contributed by atoms with E-state index in [2.05, 4.69) is 5.32 Å². The van der Waals surface area contributed by atoms with Gasteiger partial charge in [0, 0.05) is 0 Å². The third-order valence-corrected chi connectivity index (χ3v) is 3.62. The summed E-state index contributed by atoms with van der Waals surface area (Å²) < 4.78 is 12.8. The average Bonchev–Trinajstić information content (AvgIpc) is 2.66. The van der Waals surface area contributed by atoms with E-state index in [1.807, 2.05) is 6.26 Å². The number of hydrogen-bond acceptors (Lipinski definition) is 3. The number of nitrogens with zero attached hydrogens (tertiary/aromatic N) is 1. The Hall–Kier alpha value is -1.56. The fourth-order valence-corrected chi connectivity index (χ4v) is 2.40. The van der Waals surface area contributed by atoms with E-state index < -0.39 is 6.04 Å². The molecule has 3 amide bonds. The van der Waals surface area contributed by atoms with Crippen molar-refractivity contribution in [1.29, 1.82) is 0 Å². The van der Waals surface area contributed by atoms with Gasteiger partial charge in [0.15, 0.2) is 0 Å². The molecule has 0 saturated carbocycles. The summed E-state index contributed by atoms with van der Waals surface area (Å²) >= 11 is 1.63. The van der Waals surface area contributed by atoms with Crippen molar-refractivity contribution in [3.8, 4) is 0 Å². The van der Waals surface area contributed by atoms with Gasteiger partial charge in [0.25, 0.3) is 5.91 Å². The summed E-state index contributed by atoms with van der Waals surface area (Å²) in [4.78, 5) is 25.0. The SMILES string of the molecule is CSCC[C@H]1NC(=O)N(Cc2ccc(F)cc2)C1=O. The maximum absolute atomic E-state index is 12.8. The average molecular weight is 282 g/mol. The number of nitrogens with one attached hydrogen (secondary N) is 1. The molecule has 1 aliphatic rings. The van der Waals surface area contributed by atoms with Crippen LogP contribution in [0.3, 0.4) is 0 Å². The van der Waals surface area contributed by atoms with Crippen molar-refractivity contribution >= 4 is 23.7 Å². The van der Waals surface area contributed by atoms with Crippen molar-refractivity contribution in [2.75, 3.05) is 12.0 Å². The molecule has 19 heavy (non-hydrogen) atoms. The summed E-state index contributed by atoms with van der Waals surface area (Å²) in [6, 6.07) is 4.98. The Kier molecular flexibility index (Phi) is 4.42. The van der Waals surface area contributed by atoms with Gasteiger partial charge in [-0.05, 0) is 36.1 Å². The predicted octanol–water partition coefficient (Wildman–Crippen LogP) is 2.00. The molecule has 0 aliphatic carbocycles. The van der Waals surface area contributed by atoms with Gasteiger partial charge in [0.1, 0.15) is 11.9 Å². The fraction of sp³-hybridized carbons (Fsp3) is 0.385. The molecule has 1 fully saturated rings. The summed E-state index contributed by atoms with van der Waals surface area (Å²) in [5.41, 5.74) is 0.732. The van der Waals surface area contributed by atoms with Crippen LogP contribution < -0.4 is 5.32 Å². The number of thioether (sulfide) groups is 1. The molecule has 1 aromatic rings. The molecule has 2 rings (SSSR count). The van der Waals surface area contributed by atoms with Crippen LogP contribution in [0.25, 0.3) is 0 Å². The number of amides is 3. The van der Waals surface area contributed by atoms with Crippen LogP contribution >= 0.6 is 11.8 Å². The largest absolute Gasteiger partial charge is 0.326 e. The first kappa shape index (κ1) is 13.9. The number of halogens is 1. The van der Waals surface area contributed by atoms with E-state index in [0.717, 1.165) is 11.3 Å². The summed E-state index contributed by atoms with van der Waals surface area (Å²) in [7, 11) is 0. The molecule has 0 unspecified atom stereocenters. The molecule has 1 heterocycles. The highest BCUT2D eigenvalue weighted by molar-refractivity contribution is 7.98. The molecule has 0 aromatic heterocycles. The van der Waals surface area contributed by atoms with E-state index in [4.69, 9.17) is 0 Å². The quantitative estimate of drug-likeness (QED) is 0.840. The van der Waals surface area contributed by atoms with E-state index in [9.17, 15) is 14.0 Å². The lowest BCUT2D eigenvalue weighted by molar-refractivity contribution is -0.127. The van der Waals surface area contributed by atoms with Gasteiger partial charge in [-0.1, -0.05) is 12.1 Å². The van der Waals surface area contributed by atoms with E-state index in [1.165, 1.54) is 17.0 Å². The predicted molar refractivity (Wildman–Crippen MR) is 72.3 cm³/mol. The lowest BCUT2D eigenvalue weighted by Gasteiger charge is -2.12. The van der Waals surface area contributed by atoms with Crippen LogP contribution in [0.4, 0.5) is 9.18 Å². The Balaban J connectivity index is 2.02. The third kappa shape index (κ3) is 3.26. The standard InChI is InChI=1S/C13H15FN2O2S/c1-19-7-6-11-12(17)16(13(18)15-11)8-9-2-4-10(14)5-3-9/h2-5,11H,6-8H2,1H3,(H,15,18)/t11-/m1/s1. The van der Waals surface area contributed by atoms with Crippen LogP contribution in [0, 0.1) is 5.82 Å². The van der Waals surface area contributed by atoms with Gasteiger partial charge in [-0.3, -0.25) is 9.69 Å². The topological polar surface area (TPSA) is 49.4 Å². The monoisotopic (exact) mass is 282 g/mol. The van der Waals surface area contributed by atoms with Gasteiger partial charge in [0.05, 0.1) is 6.54 Å². The van der Waals surface area contributed by atoms with Crippen LogP contribution in [0.1, 0.15) is 12.0 Å². The smallest absolute Gasteiger partial charge is 0.325 e. The molecule has 1 aromatic carbocycles. The Morgan fingerprint density at radius 2 is 2.00 bits per heavy atom. The van der Waals surface area contributed by atoms with Crippen LogP contribution in [0.5, 0.6) is 0 Å². The van der Waals surface area contributed by atoms with Crippen LogP contribution in [-0.2, 0) is 11.3 Å². The van der Waals surface area contributed by atoms with Crippen molar-refractivity contribution in [1.82, 2.24) is 10.2 Å². The first-order valence-corrected chi connectivity index (χ1v) is 7.36. The fourth-order valence-electron chi connectivity index (χ4n) is 1.93. The number of carbonyl (C=O) groups excluding carboxylic acids is 2. The Bertz CT molecular complexity index is 478. The van der Waals surface area contributed by atoms with E-state index in [0.29, 0.717) is 6.42 Å². The molecule has 6 heteroatoms. The van der Waals surface area contributed by atoms with Crippen LogP contribution in [0.15, 0.2) is 24.3 Å². The number of carbonyl (C=O) groups is 2. The summed E-state index contributed by atoms with van der Waals surface area (Å²) in [6.07, 6.45) is 2.59. The minimum absolute atomic E-state index is 0.181. The molecule has 0 spiro atoms. The second kappa shape index (κ2) is 6.06. The molecule has 1 aliphatic heterocycles.